The number of aromatic nitrogens is 1. The first-order chi connectivity index (χ1) is 15.1. The molecule has 8 nitrogen and oxygen atoms in total. The van der Waals surface area contributed by atoms with Crippen molar-refractivity contribution in [1.29, 1.82) is 0 Å². The van der Waals surface area contributed by atoms with Crippen LogP contribution in [-0.4, -0.2) is 64.3 Å². The molecule has 0 bridgehead atoms. The van der Waals surface area contributed by atoms with Crippen molar-refractivity contribution in [3.8, 4) is 5.75 Å². The number of hydrogen-bond donors (Lipinski definition) is 1. The highest BCUT2D eigenvalue weighted by molar-refractivity contribution is 7.89. The quantitative estimate of drug-likeness (QED) is 0.562. The number of ether oxygens (including phenoxy) is 1. The lowest BCUT2D eigenvalue weighted by Gasteiger charge is -2.34. The van der Waals surface area contributed by atoms with Gasteiger partial charge in [0.25, 0.3) is 0 Å². The van der Waals surface area contributed by atoms with Crippen molar-refractivity contribution in [1.82, 2.24) is 14.8 Å². The number of anilines is 1. The fourth-order valence-electron chi connectivity index (χ4n) is 4.21. The molecule has 0 spiro atoms. The monoisotopic (exact) mass is 442 g/mol. The van der Waals surface area contributed by atoms with Crippen LogP contribution in [0, 0.1) is 0 Å². The SMILES string of the molecule is O=S(=O)(NCCCN1CCN(c2noc3ccccc23)CC1)c1ccc2c(c1)CCO2. The van der Waals surface area contributed by atoms with Gasteiger partial charge in [-0.1, -0.05) is 17.3 Å². The minimum atomic E-state index is -3.50. The van der Waals surface area contributed by atoms with Crippen molar-refractivity contribution in [3.63, 3.8) is 0 Å². The molecule has 0 radical (unpaired) electrons. The summed E-state index contributed by atoms with van der Waals surface area (Å²) in [6.07, 6.45) is 1.52. The Morgan fingerprint density at radius 3 is 2.77 bits per heavy atom. The van der Waals surface area contributed by atoms with Gasteiger partial charge < -0.3 is 14.2 Å². The summed E-state index contributed by atoms with van der Waals surface area (Å²) in [5, 5.41) is 5.29. The number of sulfonamides is 1. The largest absolute Gasteiger partial charge is 0.493 e. The number of fused-ring (bicyclic) bond motifs is 2. The van der Waals surface area contributed by atoms with E-state index >= 15 is 0 Å². The Balaban J connectivity index is 1.09. The van der Waals surface area contributed by atoms with Crippen molar-refractivity contribution in [2.24, 2.45) is 0 Å². The second kappa shape index (κ2) is 8.49. The molecular weight excluding hydrogens is 416 g/mol. The van der Waals surface area contributed by atoms with E-state index in [0.717, 1.165) is 73.7 Å². The average molecular weight is 443 g/mol. The Morgan fingerprint density at radius 2 is 1.90 bits per heavy atom. The minimum absolute atomic E-state index is 0.310. The summed E-state index contributed by atoms with van der Waals surface area (Å²) in [5.41, 5.74) is 1.77. The van der Waals surface area contributed by atoms with Gasteiger partial charge in [-0.3, -0.25) is 4.90 Å². The maximum atomic E-state index is 12.6. The predicted molar refractivity (Wildman–Crippen MR) is 118 cm³/mol. The zero-order valence-electron chi connectivity index (χ0n) is 17.3. The van der Waals surface area contributed by atoms with Crippen LogP contribution >= 0.6 is 0 Å². The van der Waals surface area contributed by atoms with Crippen LogP contribution in [0.15, 0.2) is 51.9 Å². The van der Waals surface area contributed by atoms with E-state index in [2.05, 4.69) is 19.7 Å². The lowest BCUT2D eigenvalue weighted by Crippen LogP contribution is -2.47. The van der Waals surface area contributed by atoms with Crippen LogP contribution in [0.2, 0.25) is 0 Å². The van der Waals surface area contributed by atoms with Gasteiger partial charge in [0.15, 0.2) is 11.4 Å². The van der Waals surface area contributed by atoms with Gasteiger partial charge in [0.1, 0.15) is 5.75 Å². The summed E-state index contributed by atoms with van der Waals surface area (Å²) in [6, 6.07) is 13.0. The minimum Gasteiger partial charge on any atom is -0.493 e. The Bertz CT molecular complexity index is 1170. The van der Waals surface area contributed by atoms with Gasteiger partial charge >= 0.3 is 0 Å². The van der Waals surface area contributed by atoms with Gasteiger partial charge in [-0.05, 0) is 48.9 Å². The summed E-state index contributed by atoms with van der Waals surface area (Å²) in [6.45, 7) is 5.47. The molecule has 1 aromatic heterocycles. The van der Waals surface area contributed by atoms with Gasteiger partial charge in [0.05, 0.1) is 16.9 Å². The van der Waals surface area contributed by atoms with E-state index in [4.69, 9.17) is 9.26 Å². The molecule has 1 saturated heterocycles. The zero-order chi connectivity index (χ0) is 21.3. The molecule has 0 saturated carbocycles. The van der Waals surface area contributed by atoms with Crippen molar-refractivity contribution in [3.05, 3.63) is 48.0 Å². The Morgan fingerprint density at radius 1 is 1.06 bits per heavy atom. The highest BCUT2D eigenvalue weighted by atomic mass is 32.2. The highest BCUT2D eigenvalue weighted by Gasteiger charge is 2.22. The number of rotatable bonds is 7. The third-order valence-corrected chi connectivity index (χ3v) is 7.40. The van der Waals surface area contributed by atoms with Gasteiger partial charge in [0.2, 0.25) is 10.0 Å². The predicted octanol–water partition coefficient (Wildman–Crippen LogP) is 2.25. The number of benzene rings is 2. The van der Waals surface area contributed by atoms with Gasteiger partial charge in [-0.2, -0.15) is 0 Å². The Labute approximate surface area is 181 Å². The molecule has 1 N–H and O–H groups in total. The normalized spacial score (nSPS) is 17.1. The fourth-order valence-corrected chi connectivity index (χ4v) is 5.33. The lowest BCUT2D eigenvalue weighted by molar-refractivity contribution is 0.254. The smallest absolute Gasteiger partial charge is 0.240 e. The molecular formula is C22H26N4O4S. The molecule has 0 unspecified atom stereocenters. The summed E-state index contributed by atoms with van der Waals surface area (Å²) < 4.78 is 38.8. The van der Waals surface area contributed by atoms with Crippen molar-refractivity contribution in [2.75, 3.05) is 50.8 Å². The van der Waals surface area contributed by atoms with E-state index < -0.39 is 10.0 Å². The number of nitrogens with zero attached hydrogens (tertiary/aromatic N) is 3. The van der Waals surface area contributed by atoms with Crippen LogP contribution in [0.5, 0.6) is 5.75 Å². The van der Waals surface area contributed by atoms with Crippen LogP contribution in [0.1, 0.15) is 12.0 Å². The van der Waals surface area contributed by atoms with Crippen molar-refractivity contribution in [2.45, 2.75) is 17.7 Å². The third kappa shape index (κ3) is 4.26. The van der Waals surface area contributed by atoms with Crippen molar-refractivity contribution >= 4 is 26.8 Å². The van der Waals surface area contributed by atoms with Crippen LogP contribution < -0.4 is 14.4 Å². The molecule has 0 amide bonds. The highest BCUT2D eigenvalue weighted by Crippen LogP contribution is 2.28. The molecule has 3 heterocycles. The fraction of sp³-hybridized carbons (Fsp3) is 0.409. The maximum absolute atomic E-state index is 12.6. The first kappa shape index (κ1) is 20.3. The van der Waals surface area contributed by atoms with E-state index in [1.54, 1.807) is 18.2 Å². The van der Waals surface area contributed by atoms with Gasteiger partial charge in [-0.15, -0.1) is 0 Å². The van der Waals surface area contributed by atoms with Gasteiger partial charge in [-0.25, -0.2) is 13.1 Å². The Kier molecular flexibility index (Phi) is 5.56. The summed E-state index contributed by atoms with van der Waals surface area (Å²) in [5.74, 6) is 1.69. The molecule has 5 rings (SSSR count). The van der Waals surface area contributed by atoms with Crippen LogP contribution in [0.25, 0.3) is 11.0 Å². The molecule has 31 heavy (non-hydrogen) atoms. The van der Waals surface area contributed by atoms with E-state index in [0.29, 0.717) is 18.0 Å². The molecule has 2 aromatic carbocycles. The van der Waals surface area contributed by atoms with Crippen LogP contribution in [0.4, 0.5) is 5.82 Å². The van der Waals surface area contributed by atoms with Crippen molar-refractivity contribution < 1.29 is 17.7 Å². The van der Waals surface area contributed by atoms with Gasteiger partial charge in [0, 0.05) is 39.1 Å². The molecule has 2 aliphatic rings. The number of nitrogens with one attached hydrogen (secondary N) is 1. The summed E-state index contributed by atoms with van der Waals surface area (Å²) >= 11 is 0. The second-order valence-electron chi connectivity index (χ2n) is 7.95. The summed E-state index contributed by atoms with van der Waals surface area (Å²) in [4.78, 5) is 4.92. The molecule has 2 aliphatic heterocycles. The first-order valence-corrected chi connectivity index (χ1v) is 12.2. The standard InChI is InChI=1S/C22H26N4O4S/c27-31(28,18-6-7-20-17(16-18)8-15-29-20)23-9-3-10-25-11-13-26(14-12-25)22-19-4-1-2-5-21(19)30-24-22/h1-2,4-7,16,23H,3,8-15H2. The molecule has 1 fully saturated rings. The van der Waals surface area contributed by atoms with Crippen LogP contribution in [-0.2, 0) is 16.4 Å². The molecule has 0 aliphatic carbocycles. The lowest BCUT2D eigenvalue weighted by atomic mass is 10.2. The molecule has 0 atom stereocenters. The van der Waals surface area contributed by atoms with E-state index in [1.165, 1.54) is 0 Å². The molecule has 3 aromatic rings. The average Bonchev–Trinajstić information content (AvgIpc) is 3.44. The first-order valence-electron chi connectivity index (χ1n) is 10.7. The number of piperazine rings is 1. The molecule has 9 heteroatoms. The zero-order valence-corrected chi connectivity index (χ0v) is 18.1. The maximum Gasteiger partial charge on any atom is 0.240 e. The third-order valence-electron chi connectivity index (χ3n) is 5.94. The van der Waals surface area contributed by atoms with E-state index in [9.17, 15) is 8.42 Å². The Hall–Kier alpha value is -2.62. The molecule has 164 valence electrons. The topological polar surface area (TPSA) is 87.9 Å². The van der Waals surface area contributed by atoms with E-state index in [-0.39, 0.29) is 0 Å². The summed E-state index contributed by atoms with van der Waals surface area (Å²) in [7, 11) is -3.50. The number of hydrogen-bond acceptors (Lipinski definition) is 7. The van der Waals surface area contributed by atoms with E-state index in [1.807, 2.05) is 24.3 Å². The van der Waals surface area contributed by atoms with Crippen LogP contribution in [0.3, 0.4) is 0 Å². The second-order valence-corrected chi connectivity index (χ2v) is 9.72. The number of para-hydroxylation sites is 1.